The molecule has 1 heterocycles. The largest absolute Gasteiger partial charge is 0.508 e. The third-order valence-electron chi connectivity index (χ3n) is 4.36. The zero-order valence-electron chi connectivity index (χ0n) is 17.6. The van der Waals surface area contributed by atoms with Crippen molar-refractivity contribution in [3.63, 3.8) is 0 Å². The summed E-state index contributed by atoms with van der Waals surface area (Å²) >= 11 is 1.73. The standard InChI is InChI=1S/C18H17N3OS.C3H8.C2H6/c1-20-18-8-13(16-9-15(22)6-4-14(16)10-19)5-7-17(18)21(23-20)11-12-2-3-12;1-3-2;1-2/h4-9,12,22H,2-3,11H2,1H3;3H2,1-2H3;1-2H3. The predicted molar refractivity (Wildman–Crippen MR) is 122 cm³/mol. The molecule has 2 aromatic rings. The molecular weight excluding hydrogens is 366 g/mol. The van der Waals surface area contributed by atoms with E-state index in [0.29, 0.717) is 5.56 Å². The number of hydrogen-bond acceptors (Lipinski definition) is 5. The van der Waals surface area contributed by atoms with Crippen molar-refractivity contribution in [1.29, 1.82) is 5.26 Å². The normalized spacial score (nSPS) is 14.3. The molecule has 1 fully saturated rings. The molecular formula is C23H31N3OS. The lowest BCUT2D eigenvalue weighted by molar-refractivity contribution is 0.475. The van der Waals surface area contributed by atoms with E-state index in [1.807, 2.05) is 19.9 Å². The van der Waals surface area contributed by atoms with Crippen molar-refractivity contribution in [2.24, 2.45) is 5.92 Å². The molecule has 4 nitrogen and oxygen atoms in total. The topological polar surface area (TPSA) is 50.5 Å². The summed E-state index contributed by atoms with van der Waals surface area (Å²) in [4.78, 5) is 0. The van der Waals surface area contributed by atoms with Crippen LogP contribution in [0.4, 0.5) is 11.4 Å². The Morgan fingerprint density at radius 1 is 1.11 bits per heavy atom. The van der Waals surface area contributed by atoms with E-state index < -0.39 is 0 Å². The third-order valence-corrected chi connectivity index (χ3v) is 5.34. The molecule has 0 unspecified atom stereocenters. The SMILES string of the molecule is CC.CCC.CN1SN(CC2CC2)c2ccc(-c3cc(O)ccc3C#N)cc21. The highest BCUT2D eigenvalue weighted by molar-refractivity contribution is 8.02. The molecule has 0 aromatic heterocycles. The summed E-state index contributed by atoms with van der Waals surface area (Å²) in [6.07, 6.45) is 3.92. The fourth-order valence-electron chi connectivity index (χ4n) is 2.93. The Hall–Kier alpha value is -2.32. The first-order valence-electron chi connectivity index (χ1n) is 10.1. The summed E-state index contributed by atoms with van der Waals surface area (Å²) in [6, 6.07) is 13.3. The summed E-state index contributed by atoms with van der Waals surface area (Å²) in [5.41, 5.74) is 4.68. The van der Waals surface area contributed by atoms with Gasteiger partial charge in [0, 0.05) is 19.2 Å². The van der Waals surface area contributed by atoms with Gasteiger partial charge in [0.1, 0.15) is 5.75 Å². The molecule has 0 spiro atoms. The van der Waals surface area contributed by atoms with Crippen molar-refractivity contribution in [3.05, 3.63) is 42.0 Å². The number of rotatable bonds is 3. The Kier molecular flexibility index (Phi) is 8.07. The van der Waals surface area contributed by atoms with Gasteiger partial charge in [0.15, 0.2) is 0 Å². The minimum atomic E-state index is 0.178. The fraction of sp³-hybridized carbons (Fsp3) is 0.435. The fourth-order valence-corrected chi connectivity index (χ4v) is 3.97. The number of phenols is 1. The molecule has 28 heavy (non-hydrogen) atoms. The van der Waals surface area contributed by atoms with E-state index in [0.717, 1.165) is 29.3 Å². The minimum Gasteiger partial charge on any atom is -0.508 e. The maximum Gasteiger partial charge on any atom is 0.116 e. The van der Waals surface area contributed by atoms with Crippen LogP contribution in [0.15, 0.2) is 36.4 Å². The Labute approximate surface area is 174 Å². The van der Waals surface area contributed by atoms with Crippen molar-refractivity contribution in [1.82, 2.24) is 0 Å². The molecule has 150 valence electrons. The first-order chi connectivity index (χ1) is 13.6. The molecule has 0 bridgehead atoms. The van der Waals surface area contributed by atoms with Crippen LogP contribution in [-0.4, -0.2) is 18.7 Å². The van der Waals surface area contributed by atoms with Gasteiger partial charge in [-0.3, -0.25) is 8.61 Å². The number of aromatic hydroxyl groups is 1. The van der Waals surface area contributed by atoms with E-state index in [1.165, 1.54) is 24.9 Å². The number of nitriles is 1. The van der Waals surface area contributed by atoms with Gasteiger partial charge in [0.05, 0.1) is 35.1 Å². The third kappa shape index (κ3) is 5.14. The van der Waals surface area contributed by atoms with E-state index in [2.05, 4.69) is 47.7 Å². The number of fused-ring (bicyclic) bond motifs is 1. The molecule has 5 heteroatoms. The molecule has 1 N–H and O–H groups in total. The van der Waals surface area contributed by atoms with Gasteiger partial charge >= 0.3 is 0 Å². The van der Waals surface area contributed by atoms with Crippen LogP contribution in [0.1, 0.15) is 52.5 Å². The van der Waals surface area contributed by atoms with Gasteiger partial charge in [-0.05, 0) is 54.7 Å². The highest BCUT2D eigenvalue weighted by Gasteiger charge is 2.31. The quantitative estimate of drug-likeness (QED) is 0.591. The van der Waals surface area contributed by atoms with Gasteiger partial charge in [-0.2, -0.15) is 5.26 Å². The second-order valence-electron chi connectivity index (χ2n) is 6.84. The Balaban J connectivity index is 0.000000514. The number of hydrogen-bond donors (Lipinski definition) is 1. The van der Waals surface area contributed by atoms with E-state index in [4.69, 9.17) is 0 Å². The molecule has 1 aliphatic heterocycles. The van der Waals surface area contributed by atoms with Gasteiger partial charge < -0.3 is 5.11 Å². The molecule has 2 aromatic carbocycles. The highest BCUT2D eigenvalue weighted by Crippen LogP contribution is 2.47. The van der Waals surface area contributed by atoms with E-state index in [1.54, 1.807) is 30.3 Å². The van der Waals surface area contributed by atoms with Crippen LogP contribution in [0.2, 0.25) is 0 Å². The van der Waals surface area contributed by atoms with E-state index >= 15 is 0 Å². The maximum atomic E-state index is 9.76. The first kappa shape index (κ1) is 22.0. The molecule has 1 saturated carbocycles. The van der Waals surface area contributed by atoms with Gasteiger partial charge in [-0.15, -0.1) is 0 Å². The van der Waals surface area contributed by atoms with Crippen molar-refractivity contribution in [2.75, 3.05) is 22.2 Å². The summed E-state index contributed by atoms with van der Waals surface area (Å²) in [5, 5.41) is 19.1. The van der Waals surface area contributed by atoms with Crippen LogP contribution in [0.5, 0.6) is 5.75 Å². The molecule has 0 amide bonds. The lowest BCUT2D eigenvalue weighted by Crippen LogP contribution is -2.16. The maximum absolute atomic E-state index is 9.76. The van der Waals surface area contributed by atoms with Gasteiger partial charge in [-0.1, -0.05) is 40.2 Å². The second kappa shape index (κ2) is 10.3. The average Bonchev–Trinajstić information content (AvgIpc) is 3.47. The molecule has 0 saturated heterocycles. The molecule has 0 radical (unpaired) electrons. The summed E-state index contributed by atoms with van der Waals surface area (Å²) in [6.45, 7) is 9.34. The van der Waals surface area contributed by atoms with Gasteiger partial charge in [0.2, 0.25) is 0 Å². The van der Waals surface area contributed by atoms with E-state index in [-0.39, 0.29) is 5.75 Å². The number of benzene rings is 2. The van der Waals surface area contributed by atoms with Crippen LogP contribution in [0.25, 0.3) is 11.1 Å². The number of nitrogens with zero attached hydrogens (tertiary/aromatic N) is 3. The predicted octanol–water partition coefficient (Wildman–Crippen LogP) is 6.60. The van der Waals surface area contributed by atoms with Gasteiger partial charge in [-0.25, -0.2) is 0 Å². The molecule has 1 aliphatic carbocycles. The number of phenolic OH excluding ortho intramolecular Hbond substituents is 1. The van der Waals surface area contributed by atoms with Crippen LogP contribution in [0.3, 0.4) is 0 Å². The lowest BCUT2D eigenvalue weighted by atomic mass is 9.99. The van der Waals surface area contributed by atoms with Crippen LogP contribution >= 0.6 is 12.1 Å². The Bertz CT molecular complexity index is 827. The van der Waals surface area contributed by atoms with Gasteiger partial charge in [0.25, 0.3) is 0 Å². The molecule has 2 aliphatic rings. The minimum absolute atomic E-state index is 0.178. The zero-order chi connectivity index (χ0) is 20.7. The average molecular weight is 398 g/mol. The number of anilines is 2. The zero-order valence-corrected chi connectivity index (χ0v) is 18.4. The van der Waals surface area contributed by atoms with E-state index in [9.17, 15) is 10.4 Å². The summed E-state index contributed by atoms with van der Waals surface area (Å²) < 4.78 is 4.51. The lowest BCUT2D eigenvalue weighted by Gasteiger charge is -2.16. The van der Waals surface area contributed by atoms with Crippen LogP contribution < -0.4 is 8.61 Å². The van der Waals surface area contributed by atoms with Crippen LogP contribution in [0, 0.1) is 17.2 Å². The van der Waals surface area contributed by atoms with Crippen LogP contribution in [-0.2, 0) is 0 Å². The monoisotopic (exact) mass is 397 g/mol. The Morgan fingerprint density at radius 2 is 1.79 bits per heavy atom. The Morgan fingerprint density at radius 3 is 2.39 bits per heavy atom. The highest BCUT2D eigenvalue weighted by atomic mass is 32.2. The molecule has 0 atom stereocenters. The van der Waals surface area contributed by atoms with Crippen molar-refractivity contribution < 1.29 is 5.11 Å². The summed E-state index contributed by atoms with van der Waals surface area (Å²) in [5.74, 6) is 1.01. The van der Waals surface area contributed by atoms with Crippen molar-refractivity contribution in [2.45, 2.75) is 47.0 Å². The van der Waals surface area contributed by atoms with Crippen molar-refractivity contribution >= 4 is 23.5 Å². The summed E-state index contributed by atoms with van der Waals surface area (Å²) in [7, 11) is 2.06. The molecule has 4 rings (SSSR count). The smallest absolute Gasteiger partial charge is 0.116 e. The first-order valence-corrected chi connectivity index (χ1v) is 10.9. The van der Waals surface area contributed by atoms with Crippen molar-refractivity contribution in [3.8, 4) is 22.9 Å². The second-order valence-corrected chi connectivity index (χ2v) is 7.99.